The van der Waals surface area contributed by atoms with Gasteiger partial charge in [0.25, 0.3) is 0 Å². The van der Waals surface area contributed by atoms with Gasteiger partial charge < -0.3 is 19.9 Å². The quantitative estimate of drug-likeness (QED) is 0.887. The third-order valence-electron chi connectivity index (χ3n) is 4.96. The lowest BCUT2D eigenvalue weighted by molar-refractivity contribution is 0.155. The maximum atomic E-state index is 14.8. The number of nitriles is 1. The van der Waals surface area contributed by atoms with E-state index in [1.54, 1.807) is 7.05 Å². The number of nitrogens with one attached hydrogen (secondary N) is 1. The molecule has 1 aromatic carbocycles. The summed E-state index contributed by atoms with van der Waals surface area (Å²) >= 11 is 0. The van der Waals surface area contributed by atoms with Crippen molar-refractivity contribution in [2.45, 2.75) is 26.3 Å². The molecule has 0 bridgehead atoms. The van der Waals surface area contributed by atoms with Crippen molar-refractivity contribution in [3.63, 3.8) is 0 Å². The van der Waals surface area contributed by atoms with Crippen LogP contribution in [0.25, 0.3) is 10.9 Å². The van der Waals surface area contributed by atoms with E-state index >= 15 is 0 Å². The van der Waals surface area contributed by atoms with Gasteiger partial charge >= 0.3 is 6.09 Å². The molecule has 3 rings (SSSR count). The highest BCUT2D eigenvalue weighted by Gasteiger charge is 2.31. The zero-order valence-electron chi connectivity index (χ0n) is 13.9. The molecule has 6 nitrogen and oxygen atoms in total. The Bertz CT molecular complexity index is 868. The first-order valence-corrected chi connectivity index (χ1v) is 7.77. The molecule has 0 spiro atoms. The number of amides is 1. The van der Waals surface area contributed by atoms with Crippen LogP contribution in [0.5, 0.6) is 0 Å². The van der Waals surface area contributed by atoms with Gasteiger partial charge in [0.2, 0.25) is 0 Å². The lowest BCUT2D eigenvalue weighted by Gasteiger charge is -2.28. The second-order valence-electron chi connectivity index (χ2n) is 6.27. The minimum absolute atomic E-state index is 0.0960. The van der Waals surface area contributed by atoms with Gasteiger partial charge in [0.15, 0.2) is 0 Å². The van der Waals surface area contributed by atoms with Crippen LogP contribution in [0.4, 0.5) is 14.9 Å². The molecule has 24 heavy (non-hydrogen) atoms. The Kier molecular flexibility index (Phi) is 3.84. The number of rotatable bonds is 2. The van der Waals surface area contributed by atoms with E-state index in [4.69, 9.17) is 5.11 Å². The number of likely N-dealkylation sites (N-methyl/N-ethyl adjacent to an activating group) is 1. The van der Waals surface area contributed by atoms with Crippen LogP contribution in [-0.2, 0) is 0 Å². The van der Waals surface area contributed by atoms with Crippen LogP contribution in [0.3, 0.4) is 0 Å². The number of fused-ring (bicyclic) bond motifs is 1. The number of aryl methyl sites for hydroxylation is 2. The highest BCUT2D eigenvalue weighted by Crippen LogP contribution is 2.37. The molecule has 7 heteroatoms. The van der Waals surface area contributed by atoms with Crippen LogP contribution in [0, 0.1) is 31.0 Å². The monoisotopic (exact) mass is 330 g/mol. The highest BCUT2D eigenvalue weighted by atomic mass is 19.1. The van der Waals surface area contributed by atoms with Crippen molar-refractivity contribution in [1.82, 2.24) is 9.88 Å². The molecule has 2 aromatic rings. The number of halogens is 1. The van der Waals surface area contributed by atoms with E-state index in [-0.39, 0.29) is 11.6 Å². The van der Waals surface area contributed by atoms with Crippen molar-refractivity contribution in [2.24, 2.45) is 0 Å². The molecule has 1 aliphatic heterocycles. The van der Waals surface area contributed by atoms with Gasteiger partial charge in [-0.2, -0.15) is 5.26 Å². The van der Waals surface area contributed by atoms with Crippen molar-refractivity contribution >= 4 is 22.7 Å². The summed E-state index contributed by atoms with van der Waals surface area (Å²) in [4.78, 5) is 17.4. The van der Waals surface area contributed by atoms with Gasteiger partial charge in [-0.3, -0.25) is 0 Å². The lowest BCUT2D eigenvalue weighted by Crippen LogP contribution is -2.36. The molecular formula is C17H19FN4O2. The summed E-state index contributed by atoms with van der Waals surface area (Å²) in [6, 6.07) is 3.18. The average molecular weight is 330 g/mol. The zero-order valence-corrected chi connectivity index (χ0v) is 13.9. The van der Waals surface area contributed by atoms with Crippen molar-refractivity contribution in [1.29, 1.82) is 5.26 Å². The predicted octanol–water partition coefficient (Wildman–Crippen LogP) is 2.98. The first-order valence-electron chi connectivity index (χ1n) is 7.77. The molecule has 0 aliphatic carbocycles. The summed E-state index contributed by atoms with van der Waals surface area (Å²) in [5.74, 6) is -0.461. The smallest absolute Gasteiger partial charge is 0.407 e. The van der Waals surface area contributed by atoms with Gasteiger partial charge in [0, 0.05) is 37.3 Å². The van der Waals surface area contributed by atoms with E-state index < -0.39 is 11.9 Å². The summed E-state index contributed by atoms with van der Waals surface area (Å²) < 4.78 is 14.8. The normalized spacial score (nSPS) is 17.3. The number of benzene rings is 1. The Hall–Kier alpha value is -2.75. The van der Waals surface area contributed by atoms with Crippen molar-refractivity contribution in [3.05, 3.63) is 28.7 Å². The zero-order chi connectivity index (χ0) is 17.6. The van der Waals surface area contributed by atoms with E-state index in [0.717, 1.165) is 11.3 Å². The standard InChI is InChI=1S/C17H19FN4O2/c1-9-10(2)20-15-11(7-19)6-13(18)16(14(9)15)21(3)12-4-5-22(8-12)17(23)24/h6,12,20H,4-5,8H2,1-3H3,(H,23,24)/t12-/m0/s1. The summed E-state index contributed by atoms with van der Waals surface area (Å²) in [5, 5.41) is 19.1. The molecule has 2 heterocycles. The van der Waals surface area contributed by atoms with Crippen molar-refractivity contribution in [2.75, 3.05) is 25.0 Å². The van der Waals surface area contributed by atoms with E-state index in [1.807, 2.05) is 24.8 Å². The Morgan fingerprint density at radius 1 is 1.54 bits per heavy atom. The summed E-state index contributed by atoms with van der Waals surface area (Å²) in [7, 11) is 1.78. The van der Waals surface area contributed by atoms with Crippen LogP contribution in [-0.4, -0.2) is 47.3 Å². The number of carbonyl (C=O) groups is 1. The second kappa shape index (κ2) is 5.71. The molecular weight excluding hydrogens is 311 g/mol. The summed E-state index contributed by atoms with van der Waals surface area (Å²) in [5.41, 5.74) is 3.11. The number of aromatic amines is 1. The number of nitrogens with zero attached hydrogens (tertiary/aromatic N) is 3. The molecule has 1 fully saturated rings. The SMILES string of the molecule is Cc1[nH]c2c(C#N)cc(F)c(N(C)[C@H]3CCN(C(=O)O)C3)c2c1C. The Morgan fingerprint density at radius 3 is 2.83 bits per heavy atom. The number of likely N-dealkylation sites (tertiary alicyclic amines) is 1. The van der Waals surface area contributed by atoms with Crippen LogP contribution < -0.4 is 4.90 Å². The molecule has 1 saturated heterocycles. The van der Waals surface area contributed by atoms with E-state index in [1.165, 1.54) is 11.0 Å². The third-order valence-corrected chi connectivity index (χ3v) is 4.96. The summed E-state index contributed by atoms with van der Waals surface area (Å²) in [6.45, 7) is 4.57. The maximum Gasteiger partial charge on any atom is 0.407 e. The minimum Gasteiger partial charge on any atom is -0.465 e. The highest BCUT2D eigenvalue weighted by molar-refractivity contribution is 5.99. The minimum atomic E-state index is -0.954. The van der Waals surface area contributed by atoms with Gasteiger partial charge in [0.1, 0.15) is 11.9 Å². The molecule has 1 aliphatic rings. The van der Waals surface area contributed by atoms with E-state index in [0.29, 0.717) is 36.1 Å². The molecule has 1 amide bonds. The van der Waals surface area contributed by atoms with Gasteiger partial charge in [0.05, 0.1) is 16.8 Å². The second-order valence-corrected chi connectivity index (χ2v) is 6.27. The largest absolute Gasteiger partial charge is 0.465 e. The fourth-order valence-electron chi connectivity index (χ4n) is 3.45. The predicted molar refractivity (Wildman–Crippen MR) is 88.9 cm³/mol. The molecule has 1 aromatic heterocycles. The molecule has 0 radical (unpaired) electrons. The number of H-pyrrole nitrogens is 1. The number of hydrogen-bond donors (Lipinski definition) is 2. The third kappa shape index (κ3) is 2.35. The molecule has 1 atom stereocenters. The molecule has 126 valence electrons. The number of aromatic nitrogens is 1. The molecule has 0 saturated carbocycles. The molecule has 0 unspecified atom stereocenters. The maximum absolute atomic E-state index is 14.8. The van der Waals surface area contributed by atoms with Gasteiger partial charge in [-0.15, -0.1) is 0 Å². The number of hydrogen-bond acceptors (Lipinski definition) is 3. The fourth-order valence-corrected chi connectivity index (χ4v) is 3.45. The van der Waals surface area contributed by atoms with Crippen molar-refractivity contribution in [3.8, 4) is 6.07 Å². The fraction of sp³-hybridized carbons (Fsp3) is 0.412. The Labute approximate surface area is 139 Å². The first kappa shape index (κ1) is 16.1. The van der Waals surface area contributed by atoms with E-state index in [9.17, 15) is 14.4 Å². The van der Waals surface area contributed by atoms with Gasteiger partial charge in [-0.25, -0.2) is 9.18 Å². The van der Waals surface area contributed by atoms with Crippen LogP contribution in [0.15, 0.2) is 6.07 Å². The van der Waals surface area contributed by atoms with Crippen molar-refractivity contribution < 1.29 is 14.3 Å². The van der Waals surface area contributed by atoms with Crippen LogP contribution in [0.1, 0.15) is 23.2 Å². The lowest BCUT2D eigenvalue weighted by atomic mass is 10.0. The Morgan fingerprint density at radius 2 is 2.25 bits per heavy atom. The van der Waals surface area contributed by atoms with E-state index in [2.05, 4.69) is 4.98 Å². The topological polar surface area (TPSA) is 83.4 Å². The number of anilines is 1. The van der Waals surface area contributed by atoms with Gasteiger partial charge in [-0.1, -0.05) is 0 Å². The number of carboxylic acid groups (broad SMARTS) is 1. The summed E-state index contributed by atoms with van der Waals surface area (Å²) in [6.07, 6.45) is -0.309. The molecule has 2 N–H and O–H groups in total. The Balaban J connectivity index is 2.11. The van der Waals surface area contributed by atoms with Crippen LogP contribution in [0.2, 0.25) is 0 Å². The average Bonchev–Trinajstić information content (AvgIpc) is 3.13. The van der Waals surface area contributed by atoms with Gasteiger partial charge in [-0.05, 0) is 31.9 Å². The first-order chi connectivity index (χ1) is 11.3. The van der Waals surface area contributed by atoms with Crippen LogP contribution >= 0.6 is 0 Å².